The van der Waals surface area contributed by atoms with Crippen molar-refractivity contribution in [2.75, 3.05) is 13.1 Å². The monoisotopic (exact) mass is 276 g/mol. The van der Waals surface area contributed by atoms with Crippen molar-refractivity contribution in [2.45, 2.75) is 51.8 Å². The zero-order chi connectivity index (χ0) is 13.9. The Morgan fingerprint density at radius 1 is 1.44 bits per heavy atom. The Labute approximate surface area is 110 Å². The first-order valence-corrected chi connectivity index (χ1v) is 8.05. The van der Waals surface area contributed by atoms with Crippen LogP contribution in [0.1, 0.15) is 40.5 Å². The topological polar surface area (TPSA) is 66.5 Å². The number of nitrogens with zero attached hydrogens (tertiary/aromatic N) is 1. The van der Waals surface area contributed by atoms with E-state index in [0.717, 1.165) is 6.42 Å². The quantitative estimate of drug-likeness (QED) is 0.831. The van der Waals surface area contributed by atoms with Gasteiger partial charge in [0.25, 0.3) is 0 Å². The number of hydrogen-bond acceptors (Lipinski definition) is 3. The largest absolute Gasteiger partial charge is 0.353 e. The lowest BCUT2D eigenvalue weighted by atomic mass is 9.91. The summed E-state index contributed by atoms with van der Waals surface area (Å²) in [7, 11) is -3.17. The van der Waals surface area contributed by atoms with Crippen molar-refractivity contribution in [1.29, 1.82) is 0 Å². The van der Waals surface area contributed by atoms with Gasteiger partial charge in [0.1, 0.15) is 0 Å². The van der Waals surface area contributed by atoms with E-state index in [1.165, 1.54) is 6.92 Å². The van der Waals surface area contributed by atoms with Gasteiger partial charge < -0.3 is 5.32 Å². The summed E-state index contributed by atoms with van der Waals surface area (Å²) in [6.07, 6.45) is 1.57. The highest BCUT2D eigenvalue weighted by molar-refractivity contribution is 7.89. The Morgan fingerprint density at radius 3 is 2.50 bits per heavy atom. The SMILES string of the molecule is CCC1CN(S(=O)(=O)C(C)C)CCC1NC(C)=O. The number of carbonyl (C=O) groups is 1. The lowest BCUT2D eigenvalue weighted by Crippen LogP contribution is -2.52. The Kier molecular flexibility index (Phi) is 5.16. The van der Waals surface area contributed by atoms with E-state index in [-0.39, 0.29) is 23.1 Å². The van der Waals surface area contributed by atoms with Crippen molar-refractivity contribution in [3.05, 3.63) is 0 Å². The van der Waals surface area contributed by atoms with Crippen molar-refractivity contribution in [3.63, 3.8) is 0 Å². The fraction of sp³-hybridized carbons (Fsp3) is 0.917. The van der Waals surface area contributed by atoms with Crippen LogP contribution < -0.4 is 5.32 Å². The summed E-state index contributed by atoms with van der Waals surface area (Å²) in [5.74, 6) is 0.162. The van der Waals surface area contributed by atoms with Crippen LogP contribution in [-0.2, 0) is 14.8 Å². The maximum Gasteiger partial charge on any atom is 0.217 e. The van der Waals surface area contributed by atoms with Crippen LogP contribution in [-0.4, -0.2) is 43.0 Å². The molecular formula is C12H24N2O3S. The molecule has 1 saturated heterocycles. The third-order valence-corrected chi connectivity index (χ3v) is 5.81. The highest BCUT2D eigenvalue weighted by atomic mass is 32.2. The Hall–Kier alpha value is -0.620. The third kappa shape index (κ3) is 3.45. The van der Waals surface area contributed by atoms with E-state index in [0.29, 0.717) is 19.5 Å². The molecule has 0 saturated carbocycles. The number of carbonyl (C=O) groups excluding carboxylic acids is 1. The first-order chi connectivity index (χ1) is 8.28. The molecule has 1 rings (SSSR count). The molecule has 0 aromatic carbocycles. The molecular weight excluding hydrogens is 252 g/mol. The van der Waals surface area contributed by atoms with Gasteiger partial charge in [-0.2, -0.15) is 0 Å². The molecule has 18 heavy (non-hydrogen) atoms. The molecule has 5 nitrogen and oxygen atoms in total. The van der Waals surface area contributed by atoms with Crippen molar-refractivity contribution in [2.24, 2.45) is 5.92 Å². The van der Waals surface area contributed by atoms with Crippen LogP contribution in [0.4, 0.5) is 0 Å². The summed E-state index contributed by atoms with van der Waals surface area (Å²) in [6, 6.07) is 0.103. The minimum absolute atomic E-state index is 0.0429. The average Bonchev–Trinajstić information content (AvgIpc) is 2.28. The van der Waals surface area contributed by atoms with Gasteiger partial charge in [-0.3, -0.25) is 4.79 Å². The summed E-state index contributed by atoms with van der Waals surface area (Å²) >= 11 is 0. The Balaban J connectivity index is 2.75. The van der Waals surface area contributed by atoms with E-state index >= 15 is 0 Å². The van der Waals surface area contributed by atoms with Crippen LogP contribution in [0.5, 0.6) is 0 Å². The van der Waals surface area contributed by atoms with Crippen molar-refractivity contribution >= 4 is 15.9 Å². The predicted octanol–water partition coefficient (Wildman–Crippen LogP) is 0.961. The molecule has 0 aromatic heterocycles. The molecule has 0 radical (unpaired) electrons. The third-order valence-electron chi connectivity index (χ3n) is 3.57. The second-order valence-electron chi connectivity index (χ2n) is 5.22. The zero-order valence-electron chi connectivity index (χ0n) is 11.6. The van der Waals surface area contributed by atoms with Gasteiger partial charge in [-0.1, -0.05) is 13.3 Å². The molecule has 0 aliphatic carbocycles. The van der Waals surface area contributed by atoms with Crippen LogP contribution >= 0.6 is 0 Å². The minimum Gasteiger partial charge on any atom is -0.353 e. The van der Waals surface area contributed by atoms with Crippen molar-refractivity contribution in [3.8, 4) is 0 Å². The van der Waals surface area contributed by atoms with Gasteiger partial charge >= 0.3 is 0 Å². The Morgan fingerprint density at radius 2 is 2.06 bits per heavy atom. The van der Waals surface area contributed by atoms with E-state index in [4.69, 9.17) is 0 Å². The Bertz CT molecular complexity index is 392. The van der Waals surface area contributed by atoms with Gasteiger partial charge in [0, 0.05) is 26.1 Å². The van der Waals surface area contributed by atoms with Crippen LogP contribution in [0.15, 0.2) is 0 Å². The van der Waals surface area contributed by atoms with E-state index < -0.39 is 10.0 Å². The predicted molar refractivity (Wildman–Crippen MR) is 71.6 cm³/mol. The molecule has 1 amide bonds. The second-order valence-corrected chi connectivity index (χ2v) is 7.70. The molecule has 1 heterocycles. The second kappa shape index (κ2) is 6.02. The molecule has 2 unspecified atom stereocenters. The first-order valence-electron chi connectivity index (χ1n) is 6.55. The van der Waals surface area contributed by atoms with Gasteiger partial charge in [-0.25, -0.2) is 12.7 Å². The first kappa shape index (κ1) is 15.4. The summed E-state index contributed by atoms with van der Waals surface area (Å²) in [6.45, 7) is 7.96. The van der Waals surface area contributed by atoms with Crippen LogP contribution in [0.2, 0.25) is 0 Å². The summed E-state index contributed by atoms with van der Waals surface area (Å²) in [5.41, 5.74) is 0. The molecule has 1 fully saturated rings. The smallest absolute Gasteiger partial charge is 0.217 e. The normalized spacial score (nSPS) is 26.3. The minimum atomic E-state index is -3.17. The zero-order valence-corrected chi connectivity index (χ0v) is 12.5. The molecule has 0 bridgehead atoms. The summed E-state index contributed by atoms with van der Waals surface area (Å²) in [5, 5.41) is 2.54. The lowest BCUT2D eigenvalue weighted by molar-refractivity contribution is -0.120. The van der Waals surface area contributed by atoms with Crippen LogP contribution in [0, 0.1) is 5.92 Å². The van der Waals surface area contributed by atoms with Gasteiger partial charge in [0.15, 0.2) is 0 Å². The molecule has 1 N–H and O–H groups in total. The number of hydrogen-bond donors (Lipinski definition) is 1. The standard InChI is InChI=1S/C12H24N2O3S/c1-5-11-8-14(18(16,17)9(2)3)7-6-12(11)13-10(4)15/h9,11-12H,5-8H2,1-4H3,(H,13,15). The molecule has 0 aromatic rings. The number of rotatable bonds is 4. The van der Waals surface area contributed by atoms with Gasteiger partial charge in [-0.15, -0.1) is 0 Å². The number of amides is 1. The maximum absolute atomic E-state index is 12.1. The molecule has 6 heteroatoms. The fourth-order valence-electron chi connectivity index (χ4n) is 2.39. The average molecular weight is 276 g/mol. The van der Waals surface area contributed by atoms with Crippen LogP contribution in [0.3, 0.4) is 0 Å². The summed E-state index contributed by atoms with van der Waals surface area (Å²) < 4.78 is 25.8. The van der Waals surface area contributed by atoms with E-state index in [1.54, 1.807) is 18.2 Å². The molecule has 1 aliphatic rings. The highest BCUT2D eigenvalue weighted by Crippen LogP contribution is 2.24. The molecule has 0 spiro atoms. The van der Waals surface area contributed by atoms with Crippen molar-refractivity contribution in [1.82, 2.24) is 9.62 Å². The summed E-state index contributed by atoms with van der Waals surface area (Å²) in [4.78, 5) is 11.1. The molecule has 2 atom stereocenters. The van der Waals surface area contributed by atoms with E-state index in [9.17, 15) is 13.2 Å². The van der Waals surface area contributed by atoms with Gasteiger partial charge in [0.2, 0.25) is 15.9 Å². The highest BCUT2D eigenvalue weighted by Gasteiger charge is 2.35. The van der Waals surface area contributed by atoms with Crippen molar-refractivity contribution < 1.29 is 13.2 Å². The van der Waals surface area contributed by atoms with Gasteiger partial charge in [-0.05, 0) is 26.2 Å². The van der Waals surface area contributed by atoms with Gasteiger partial charge in [0.05, 0.1) is 5.25 Å². The van der Waals surface area contributed by atoms with E-state index in [2.05, 4.69) is 5.32 Å². The number of nitrogens with one attached hydrogen (secondary N) is 1. The number of piperidine rings is 1. The molecule has 1 aliphatic heterocycles. The van der Waals surface area contributed by atoms with E-state index in [1.807, 2.05) is 6.92 Å². The number of sulfonamides is 1. The van der Waals surface area contributed by atoms with Crippen LogP contribution in [0.25, 0.3) is 0 Å². The fourth-order valence-corrected chi connectivity index (χ4v) is 3.75. The maximum atomic E-state index is 12.1. The lowest BCUT2D eigenvalue weighted by Gasteiger charge is -2.38. The molecule has 106 valence electrons.